The second-order valence-corrected chi connectivity index (χ2v) is 5.12. The van der Waals surface area contributed by atoms with Gasteiger partial charge in [0.2, 0.25) is 0 Å². The van der Waals surface area contributed by atoms with Crippen molar-refractivity contribution in [1.29, 1.82) is 0 Å². The lowest BCUT2D eigenvalue weighted by molar-refractivity contribution is 0.0655. The van der Waals surface area contributed by atoms with Gasteiger partial charge in [0.25, 0.3) is 0 Å². The summed E-state index contributed by atoms with van der Waals surface area (Å²) in [5, 5.41) is 8.16. The Balaban J connectivity index is 2.30. The normalized spacial score (nSPS) is 19.1. The molecule has 0 aromatic carbocycles. The lowest BCUT2D eigenvalue weighted by atomic mass is 10.0. The fraction of sp³-hybridized carbons (Fsp3) is 0.786. The fourth-order valence-corrected chi connectivity index (χ4v) is 3.02. The predicted octanol–water partition coefficient (Wildman–Crippen LogP) is 2.52. The first-order chi connectivity index (χ1) is 8.69. The molecule has 4 heteroatoms. The van der Waals surface area contributed by atoms with Crippen LogP contribution in [-0.4, -0.2) is 30.0 Å². The smallest absolute Gasteiger partial charge is 0.0644 e. The van der Waals surface area contributed by atoms with Crippen molar-refractivity contribution in [3.63, 3.8) is 0 Å². The van der Waals surface area contributed by atoms with E-state index in [4.69, 9.17) is 9.84 Å². The average Bonchev–Trinajstić information content (AvgIpc) is 2.69. The molecule has 1 aliphatic heterocycles. The number of hydrogen-bond acceptors (Lipinski definition) is 3. The van der Waals surface area contributed by atoms with Crippen LogP contribution in [-0.2, 0) is 4.74 Å². The maximum atomic E-state index is 5.43. The van der Waals surface area contributed by atoms with Crippen molar-refractivity contribution in [2.24, 2.45) is 0 Å². The topological polar surface area (TPSA) is 39.1 Å². The third-order valence-corrected chi connectivity index (χ3v) is 4.02. The van der Waals surface area contributed by atoms with Crippen molar-refractivity contribution in [3.05, 3.63) is 17.0 Å². The Bertz CT molecular complexity index is 390. The predicted molar refractivity (Wildman–Crippen MR) is 72.9 cm³/mol. The highest BCUT2D eigenvalue weighted by Gasteiger charge is 2.23. The van der Waals surface area contributed by atoms with Crippen LogP contribution >= 0.6 is 0 Å². The van der Waals surface area contributed by atoms with Crippen molar-refractivity contribution in [1.82, 2.24) is 15.1 Å². The van der Waals surface area contributed by atoms with Crippen molar-refractivity contribution in [2.45, 2.75) is 52.1 Å². The number of nitrogens with one attached hydrogen (secondary N) is 1. The highest BCUT2D eigenvalue weighted by atomic mass is 16.5. The quantitative estimate of drug-likeness (QED) is 0.893. The van der Waals surface area contributed by atoms with Crippen LogP contribution in [0.5, 0.6) is 0 Å². The molecule has 1 fully saturated rings. The zero-order valence-electron chi connectivity index (χ0n) is 12.0. The molecule has 0 bridgehead atoms. The summed E-state index contributed by atoms with van der Waals surface area (Å²) in [6, 6.07) is 0.930. The highest BCUT2D eigenvalue weighted by molar-refractivity contribution is 5.28. The first-order valence-corrected chi connectivity index (χ1v) is 6.99. The molecule has 18 heavy (non-hydrogen) atoms. The van der Waals surface area contributed by atoms with Gasteiger partial charge in [-0.3, -0.25) is 4.68 Å². The summed E-state index contributed by atoms with van der Waals surface area (Å²) in [6.07, 6.45) is 3.26. The van der Waals surface area contributed by atoms with Crippen LogP contribution in [0.3, 0.4) is 0 Å². The summed E-state index contributed by atoms with van der Waals surface area (Å²) < 4.78 is 7.66. The Morgan fingerprint density at radius 2 is 2.06 bits per heavy atom. The first-order valence-electron chi connectivity index (χ1n) is 6.99. The summed E-state index contributed by atoms with van der Waals surface area (Å²) in [7, 11) is 2.03. The van der Waals surface area contributed by atoms with Crippen LogP contribution in [0.25, 0.3) is 0 Å². The molecule has 4 nitrogen and oxygen atoms in total. The highest BCUT2D eigenvalue weighted by Crippen LogP contribution is 2.29. The number of ether oxygens (including phenoxy) is 1. The third-order valence-electron chi connectivity index (χ3n) is 4.02. The Labute approximate surface area is 110 Å². The van der Waals surface area contributed by atoms with Crippen LogP contribution in [0.15, 0.2) is 0 Å². The fourth-order valence-electron chi connectivity index (χ4n) is 3.02. The monoisotopic (exact) mass is 251 g/mol. The van der Waals surface area contributed by atoms with Gasteiger partial charge in [0.05, 0.1) is 11.7 Å². The second kappa shape index (κ2) is 5.85. The lowest BCUT2D eigenvalue weighted by Gasteiger charge is -2.24. The summed E-state index contributed by atoms with van der Waals surface area (Å²) >= 11 is 0. The first kappa shape index (κ1) is 13.6. The Kier molecular flexibility index (Phi) is 4.40. The van der Waals surface area contributed by atoms with E-state index in [0.717, 1.165) is 32.5 Å². The van der Waals surface area contributed by atoms with Gasteiger partial charge in [0.15, 0.2) is 0 Å². The molecular formula is C14H25N3O. The van der Waals surface area contributed by atoms with Gasteiger partial charge in [0, 0.05) is 30.5 Å². The Morgan fingerprint density at radius 1 is 1.39 bits per heavy atom. The standard InChI is InChI=1S/C14H25N3O/c1-5-13(15-4)14-10(2)16-17(11(14)3)12-6-8-18-9-7-12/h12-13,15H,5-9H2,1-4H3. The summed E-state index contributed by atoms with van der Waals surface area (Å²) in [6.45, 7) is 8.26. The molecule has 0 saturated carbocycles. The molecule has 1 saturated heterocycles. The summed E-state index contributed by atoms with van der Waals surface area (Å²) in [5.74, 6) is 0. The molecule has 1 unspecified atom stereocenters. The minimum Gasteiger partial charge on any atom is -0.381 e. The molecule has 1 aromatic rings. The SMILES string of the molecule is CCC(NC)c1c(C)nn(C2CCOCC2)c1C. The molecule has 0 amide bonds. The minimum absolute atomic E-state index is 0.415. The van der Waals surface area contributed by atoms with Crippen LogP contribution in [0, 0.1) is 13.8 Å². The van der Waals surface area contributed by atoms with Gasteiger partial charge in [-0.05, 0) is 40.2 Å². The van der Waals surface area contributed by atoms with E-state index >= 15 is 0 Å². The summed E-state index contributed by atoms with van der Waals surface area (Å²) in [4.78, 5) is 0. The van der Waals surface area contributed by atoms with Gasteiger partial charge in [0.1, 0.15) is 0 Å². The van der Waals surface area contributed by atoms with E-state index in [0.29, 0.717) is 12.1 Å². The number of hydrogen-bond donors (Lipinski definition) is 1. The van der Waals surface area contributed by atoms with E-state index < -0.39 is 0 Å². The molecular weight excluding hydrogens is 226 g/mol. The van der Waals surface area contributed by atoms with Gasteiger partial charge in [-0.25, -0.2) is 0 Å². The summed E-state index contributed by atoms with van der Waals surface area (Å²) in [5.41, 5.74) is 3.87. The van der Waals surface area contributed by atoms with Crippen molar-refractivity contribution in [3.8, 4) is 0 Å². The van der Waals surface area contributed by atoms with Crippen molar-refractivity contribution < 1.29 is 4.74 Å². The lowest BCUT2D eigenvalue weighted by Crippen LogP contribution is -2.22. The third kappa shape index (κ3) is 2.45. The molecule has 1 aromatic heterocycles. The minimum atomic E-state index is 0.415. The van der Waals surface area contributed by atoms with E-state index in [1.807, 2.05) is 7.05 Å². The Morgan fingerprint density at radius 3 is 2.61 bits per heavy atom. The van der Waals surface area contributed by atoms with Crippen molar-refractivity contribution >= 4 is 0 Å². The van der Waals surface area contributed by atoms with Crippen LogP contribution in [0.1, 0.15) is 55.2 Å². The number of nitrogens with zero attached hydrogens (tertiary/aromatic N) is 2. The number of rotatable bonds is 4. The molecule has 0 spiro atoms. The van der Waals surface area contributed by atoms with Gasteiger partial charge < -0.3 is 10.1 Å². The zero-order chi connectivity index (χ0) is 13.1. The second-order valence-electron chi connectivity index (χ2n) is 5.12. The van der Waals surface area contributed by atoms with Crippen LogP contribution in [0.2, 0.25) is 0 Å². The van der Waals surface area contributed by atoms with E-state index in [1.165, 1.54) is 17.0 Å². The molecule has 1 N–H and O–H groups in total. The number of aromatic nitrogens is 2. The molecule has 1 aliphatic rings. The van der Waals surface area contributed by atoms with E-state index in [2.05, 4.69) is 30.8 Å². The van der Waals surface area contributed by atoms with Gasteiger partial charge >= 0.3 is 0 Å². The maximum absolute atomic E-state index is 5.43. The maximum Gasteiger partial charge on any atom is 0.0644 e. The van der Waals surface area contributed by atoms with E-state index in [-0.39, 0.29) is 0 Å². The molecule has 2 rings (SSSR count). The van der Waals surface area contributed by atoms with E-state index in [9.17, 15) is 0 Å². The van der Waals surface area contributed by atoms with E-state index in [1.54, 1.807) is 0 Å². The molecule has 2 heterocycles. The van der Waals surface area contributed by atoms with Gasteiger partial charge in [-0.1, -0.05) is 6.92 Å². The van der Waals surface area contributed by atoms with Crippen LogP contribution in [0.4, 0.5) is 0 Å². The average molecular weight is 251 g/mol. The van der Waals surface area contributed by atoms with Crippen LogP contribution < -0.4 is 5.32 Å². The molecule has 1 atom stereocenters. The van der Waals surface area contributed by atoms with Crippen molar-refractivity contribution in [2.75, 3.05) is 20.3 Å². The molecule has 0 radical (unpaired) electrons. The number of aryl methyl sites for hydroxylation is 1. The van der Waals surface area contributed by atoms with Gasteiger partial charge in [-0.15, -0.1) is 0 Å². The molecule has 0 aliphatic carbocycles. The zero-order valence-corrected chi connectivity index (χ0v) is 12.0. The largest absolute Gasteiger partial charge is 0.381 e. The molecule has 102 valence electrons. The van der Waals surface area contributed by atoms with Gasteiger partial charge in [-0.2, -0.15) is 5.10 Å². The Hall–Kier alpha value is -0.870.